The predicted molar refractivity (Wildman–Crippen MR) is 92.5 cm³/mol. The van der Waals surface area contributed by atoms with Crippen molar-refractivity contribution in [2.45, 2.75) is 58.2 Å². The monoisotopic (exact) mass is 327 g/mol. The number of urea groups is 1. The fourth-order valence-electron chi connectivity index (χ4n) is 3.41. The second kappa shape index (κ2) is 6.63. The van der Waals surface area contributed by atoms with Crippen molar-refractivity contribution < 1.29 is 4.79 Å². The third kappa shape index (κ3) is 3.27. The summed E-state index contributed by atoms with van der Waals surface area (Å²) >= 11 is 0. The van der Waals surface area contributed by atoms with Gasteiger partial charge < -0.3 is 15.2 Å². The smallest absolute Gasteiger partial charge is 0.315 e. The Morgan fingerprint density at radius 3 is 2.96 bits per heavy atom. The van der Waals surface area contributed by atoms with Gasteiger partial charge in [0.2, 0.25) is 0 Å². The summed E-state index contributed by atoms with van der Waals surface area (Å²) in [5.74, 6) is 0.762. The van der Waals surface area contributed by atoms with Gasteiger partial charge in [0.1, 0.15) is 6.33 Å². The zero-order chi connectivity index (χ0) is 17.2. The highest BCUT2D eigenvalue weighted by Gasteiger charge is 2.32. The summed E-state index contributed by atoms with van der Waals surface area (Å²) in [5, 5.41) is 13.9. The lowest BCUT2D eigenvalue weighted by atomic mass is 9.71. The minimum atomic E-state index is -0.167. The van der Waals surface area contributed by atoms with Crippen LogP contribution in [0.3, 0.4) is 0 Å². The van der Waals surface area contributed by atoms with Crippen LogP contribution in [0.25, 0.3) is 0 Å². The molecule has 2 N–H and O–H groups in total. The predicted octanol–water partition coefficient (Wildman–Crippen LogP) is 2.91. The summed E-state index contributed by atoms with van der Waals surface area (Å²) in [6.07, 6.45) is 3.68. The molecule has 0 saturated heterocycles. The van der Waals surface area contributed by atoms with Gasteiger partial charge in [0.05, 0.1) is 12.6 Å². The van der Waals surface area contributed by atoms with E-state index in [1.165, 1.54) is 11.1 Å². The average molecular weight is 327 g/mol. The number of carbonyl (C=O) groups is 1. The Morgan fingerprint density at radius 1 is 1.38 bits per heavy atom. The number of benzene rings is 1. The summed E-state index contributed by atoms with van der Waals surface area (Å²) < 4.78 is 1.92. The number of aromatic nitrogens is 3. The Morgan fingerprint density at radius 2 is 2.17 bits per heavy atom. The SMILES string of the molecule is CCn1cnnc1CNC(=O)N[C@H]1CCC(C)(C)c2ccccc21. The highest BCUT2D eigenvalue weighted by Crippen LogP contribution is 2.41. The second-order valence-corrected chi connectivity index (χ2v) is 6.92. The number of carbonyl (C=O) groups excluding carboxylic acids is 1. The molecular weight excluding hydrogens is 302 g/mol. The number of amides is 2. The van der Waals surface area contributed by atoms with Gasteiger partial charge in [0.25, 0.3) is 0 Å². The van der Waals surface area contributed by atoms with E-state index in [0.29, 0.717) is 6.54 Å². The maximum atomic E-state index is 12.3. The molecule has 6 nitrogen and oxygen atoms in total. The first-order valence-electron chi connectivity index (χ1n) is 8.51. The number of fused-ring (bicyclic) bond motifs is 1. The Bertz CT molecular complexity index is 722. The largest absolute Gasteiger partial charge is 0.331 e. The molecule has 3 rings (SSSR count). The third-order valence-corrected chi connectivity index (χ3v) is 4.87. The molecule has 6 heteroatoms. The molecule has 1 atom stereocenters. The van der Waals surface area contributed by atoms with E-state index < -0.39 is 0 Å². The normalized spacial score (nSPS) is 18.7. The van der Waals surface area contributed by atoms with Crippen LogP contribution in [-0.4, -0.2) is 20.8 Å². The standard InChI is InChI=1S/C18H25N5O/c1-4-23-12-20-22-16(23)11-19-17(24)21-15-9-10-18(2,3)14-8-6-5-7-13(14)15/h5-8,12,15H,4,9-11H2,1-3H3,(H2,19,21,24)/t15-/m0/s1. The summed E-state index contributed by atoms with van der Waals surface area (Å²) in [6, 6.07) is 8.29. The van der Waals surface area contributed by atoms with Crippen LogP contribution < -0.4 is 10.6 Å². The van der Waals surface area contributed by atoms with Crippen molar-refractivity contribution in [3.8, 4) is 0 Å². The van der Waals surface area contributed by atoms with Gasteiger partial charge in [-0.1, -0.05) is 38.1 Å². The van der Waals surface area contributed by atoms with E-state index >= 15 is 0 Å². The molecule has 1 aromatic carbocycles. The maximum Gasteiger partial charge on any atom is 0.315 e. The molecule has 2 amide bonds. The quantitative estimate of drug-likeness (QED) is 0.907. The molecule has 1 heterocycles. The van der Waals surface area contributed by atoms with Gasteiger partial charge in [-0.15, -0.1) is 10.2 Å². The second-order valence-electron chi connectivity index (χ2n) is 6.92. The minimum absolute atomic E-state index is 0.0540. The zero-order valence-corrected chi connectivity index (χ0v) is 14.5. The summed E-state index contributed by atoms with van der Waals surface area (Å²) in [7, 11) is 0. The molecule has 0 aliphatic heterocycles. The molecule has 0 radical (unpaired) electrons. The van der Waals surface area contributed by atoms with E-state index in [9.17, 15) is 4.79 Å². The van der Waals surface area contributed by atoms with Gasteiger partial charge in [-0.05, 0) is 36.3 Å². The van der Waals surface area contributed by atoms with Crippen LogP contribution in [0, 0.1) is 0 Å². The lowest BCUT2D eigenvalue weighted by molar-refractivity contribution is 0.232. The van der Waals surface area contributed by atoms with Crippen molar-refractivity contribution in [2.75, 3.05) is 0 Å². The number of aryl methyl sites for hydroxylation is 1. The first-order valence-corrected chi connectivity index (χ1v) is 8.51. The number of rotatable bonds is 4. The number of nitrogens with zero attached hydrogens (tertiary/aromatic N) is 3. The molecule has 24 heavy (non-hydrogen) atoms. The summed E-state index contributed by atoms with van der Waals surface area (Å²) in [6.45, 7) is 7.71. The fraction of sp³-hybridized carbons (Fsp3) is 0.500. The highest BCUT2D eigenvalue weighted by atomic mass is 16.2. The lowest BCUT2D eigenvalue weighted by Crippen LogP contribution is -2.41. The van der Waals surface area contributed by atoms with Gasteiger partial charge in [0.15, 0.2) is 5.82 Å². The van der Waals surface area contributed by atoms with Gasteiger partial charge in [-0.3, -0.25) is 0 Å². The van der Waals surface area contributed by atoms with Gasteiger partial charge >= 0.3 is 6.03 Å². The van der Waals surface area contributed by atoms with Crippen molar-refractivity contribution in [2.24, 2.45) is 0 Å². The molecule has 1 aromatic heterocycles. The summed E-state index contributed by atoms with van der Waals surface area (Å²) in [4.78, 5) is 12.3. The van der Waals surface area contributed by atoms with Crippen LogP contribution >= 0.6 is 0 Å². The van der Waals surface area contributed by atoms with Crippen molar-refractivity contribution in [1.29, 1.82) is 0 Å². The molecule has 2 aromatic rings. The van der Waals surface area contributed by atoms with Crippen LogP contribution in [0.5, 0.6) is 0 Å². The first-order chi connectivity index (χ1) is 11.5. The fourth-order valence-corrected chi connectivity index (χ4v) is 3.41. The molecule has 0 saturated carbocycles. The van der Waals surface area contributed by atoms with Crippen LogP contribution in [0.1, 0.15) is 56.6 Å². The van der Waals surface area contributed by atoms with Crippen molar-refractivity contribution in [3.05, 3.63) is 47.5 Å². The lowest BCUT2D eigenvalue weighted by Gasteiger charge is -2.37. The van der Waals surface area contributed by atoms with Crippen LogP contribution in [0.4, 0.5) is 4.79 Å². The first kappa shape index (κ1) is 16.5. The Balaban J connectivity index is 1.65. The van der Waals surface area contributed by atoms with Gasteiger partial charge in [0, 0.05) is 6.54 Å². The average Bonchev–Trinajstić information content (AvgIpc) is 3.03. The Kier molecular flexibility index (Phi) is 4.55. The maximum absolute atomic E-state index is 12.3. The number of hydrogen-bond donors (Lipinski definition) is 2. The van der Waals surface area contributed by atoms with Crippen molar-refractivity contribution in [3.63, 3.8) is 0 Å². The van der Waals surface area contributed by atoms with Gasteiger partial charge in [-0.25, -0.2) is 4.79 Å². The Hall–Kier alpha value is -2.37. The molecule has 1 aliphatic rings. The van der Waals surface area contributed by atoms with E-state index in [0.717, 1.165) is 25.2 Å². The van der Waals surface area contributed by atoms with E-state index in [1.807, 2.05) is 17.6 Å². The van der Waals surface area contributed by atoms with Crippen LogP contribution in [-0.2, 0) is 18.5 Å². The molecule has 128 valence electrons. The number of nitrogens with one attached hydrogen (secondary N) is 2. The molecule has 0 unspecified atom stereocenters. The highest BCUT2D eigenvalue weighted by molar-refractivity contribution is 5.74. The van der Waals surface area contributed by atoms with E-state index in [4.69, 9.17) is 0 Å². The Labute approximate surface area is 142 Å². The third-order valence-electron chi connectivity index (χ3n) is 4.87. The molecule has 0 bridgehead atoms. The van der Waals surface area contributed by atoms with E-state index in [2.05, 4.69) is 52.9 Å². The summed E-state index contributed by atoms with van der Waals surface area (Å²) in [5.41, 5.74) is 2.70. The van der Waals surface area contributed by atoms with E-state index in [-0.39, 0.29) is 17.5 Å². The zero-order valence-electron chi connectivity index (χ0n) is 14.5. The minimum Gasteiger partial charge on any atom is -0.331 e. The van der Waals surface area contributed by atoms with Crippen molar-refractivity contribution >= 4 is 6.03 Å². The molecular formula is C18H25N5O. The van der Waals surface area contributed by atoms with Crippen LogP contribution in [0.15, 0.2) is 30.6 Å². The van der Waals surface area contributed by atoms with E-state index in [1.54, 1.807) is 6.33 Å². The molecule has 0 fully saturated rings. The van der Waals surface area contributed by atoms with Crippen LogP contribution in [0.2, 0.25) is 0 Å². The molecule has 1 aliphatic carbocycles. The molecule has 0 spiro atoms. The van der Waals surface area contributed by atoms with Crippen molar-refractivity contribution in [1.82, 2.24) is 25.4 Å². The van der Waals surface area contributed by atoms with Gasteiger partial charge in [-0.2, -0.15) is 0 Å². The number of hydrogen-bond acceptors (Lipinski definition) is 3. The topological polar surface area (TPSA) is 71.8 Å².